The monoisotopic (exact) mass is 400 g/mol. The first-order valence-corrected chi connectivity index (χ1v) is 13.0. The van der Waals surface area contributed by atoms with E-state index in [-0.39, 0.29) is 6.10 Å². The zero-order valence-corrected chi connectivity index (χ0v) is 20.1. The molecule has 166 valence electrons. The molecule has 0 aliphatic heterocycles. The van der Waals surface area contributed by atoms with Crippen LogP contribution in [0.4, 0.5) is 0 Å². The van der Waals surface area contributed by atoms with Crippen molar-refractivity contribution in [2.45, 2.75) is 111 Å². The third kappa shape index (κ3) is 3.66. The molecule has 1 nitrogen and oxygen atoms in total. The van der Waals surface area contributed by atoms with Crippen LogP contribution in [0, 0.1) is 52.3 Å². The molecule has 4 aliphatic carbocycles. The van der Waals surface area contributed by atoms with Gasteiger partial charge in [-0.2, -0.15) is 0 Å². The number of allylic oxidation sites excluding steroid dienone is 1. The maximum absolute atomic E-state index is 10.3. The lowest BCUT2D eigenvalue weighted by molar-refractivity contribution is -0.107. The molecule has 4 aliphatic rings. The van der Waals surface area contributed by atoms with Crippen LogP contribution in [0.1, 0.15) is 105 Å². The van der Waals surface area contributed by atoms with Crippen LogP contribution < -0.4 is 0 Å². The predicted octanol–water partition coefficient (Wildman–Crippen LogP) is 7.63. The van der Waals surface area contributed by atoms with Crippen LogP contribution in [0.2, 0.25) is 0 Å². The van der Waals surface area contributed by atoms with Crippen molar-refractivity contribution >= 4 is 0 Å². The fraction of sp³-hybridized carbons (Fsp3) is 0.929. The minimum absolute atomic E-state index is 0.0613. The van der Waals surface area contributed by atoms with E-state index in [1.807, 2.05) is 0 Å². The van der Waals surface area contributed by atoms with Gasteiger partial charge in [-0.25, -0.2) is 0 Å². The van der Waals surface area contributed by atoms with E-state index in [0.717, 1.165) is 48.3 Å². The SMILES string of the molecule is C=C1C[C@H]2C[C@H](O)CC[C@]2(C)[C@@H]2CC[C@]3(C)[C@H](CC[C@@H]3[C@H](C)CCCC(C)C)[C@H]12. The molecule has 0 heterocycles. The molecule has 0 amide bonds. The minimum atomic E-state index is -0.0613. The van der Waals surface area contributed by atoms with Gasteiger partial charge < -0.3 is 5.11 Å². The average molecular weight is 401 g/mol. The lowest BCUT2D eigenvalue weighted by Crippen LogP contribution is -2.54. The number of aliphatic hydroxyl groups excluding tert-OH is 1. The molecular weight excluding hydrogens is 352 g/mol. The first-order valence-electron chi connectivity index (χ1n) is 13.0. The first-order chi connectivity index (χ1) is 13.7. The van der Waals surface area contributed by atoms with E-state index in [0.29, 0.717) is 16.7 Å². The summed E-state index contributed by atoms with van der Waals surface area (Å²) in [5, 5.41) is 10.3. The Morgan fingerprint density at radius 3 is 2.38 bits per heavy atom. The highest BCUT2D eigenvalue weighted by Gasteiger charge is 2.61. The summed E-state index contributed by atoms with van der Waals surface area (Å²) in [7, 11) is 0. The second-order valence-corrected chi connectivity index (χ2v) is 12.8. The summed E-state index contributed by atoms with van der Waals surface area (Å²) in [6.45, 7) is 17.3. The molecule has 4 saturated carbocycles. The Kier molecular flexibility index (Phi) is 6.04. The molecule has 0 saturated heterocycles. The Morgan fingerprint density at radius 2 is 1.66 bits per heavy atom. The van der Waals surface area contributed by atoms with E-state index < -0.39 is 0 Å². The highest BCUT2D eigenvalue weighted by molar-refractivity contribution is 5.21. The third-order valence-corrected chi connectivity index (χ3v) is 10.8. The van der Waals surface area contributed by atoms with Gasteiger partial charge in [0.1, 0.15) is 0 Å². The smallest absolute Gasteiger partial charge is 0.0543 e. The van der Waals surface area contributed by atoms with Gasteiger partial charge in [-0.1, -0.05) is 66.0 Å². The van der Waals surface area contributed by atoms with Crippen molar-refractivity contribution in [3.63, 3.8) is 0 Å². The molecule has 0 unspecified atom stereocenters. The zero-order chi connectivity index (χ0) is 21.0. The van der Waals surface area contributed by atoms with Gasteiger partial charge in [-0.3, -0.25) is 0 Å². The summed E-state index contributed by atoms with van der Waals surface area (Å²) < 4.78 is 0. The molecule has 4 fully saturated rings. The van der Waals surface area contributed by atoms with Crippen LogP contribution in [0.5, 0.6) is 0 Å². The lowest BCUT2D eigenvalue weighted by atomic mass is 9.43. The highest BCUT2D eigenvalue weighted by atomic mass is 16.3. The van der Waals surface area contributed by atoms with Crippen LogP contribution in [-0.2, 0) is 0 Å². The fourth-order valence-electron chi connectivity index (χ4n) is 9.13. The largest absolute Gasteiger partial charge is 0.393 e. The van der Waals surface area contributed by atoms with Crippen LogP contribution in [0.25, 0.3) is 0 Å². The normalized spacial score (nSPS) is 48.2. The Labute approximate surface area is 181 Å². The van der Waals surface area contributed by atoms with E-state index in [2.05, 4.69) is 34.6 Å². The van der Waals surface area contributed by atoms with Gasteiger partial charge in [0.05, 0.1) is 6.10 Å². The van der Waals surface area contributed by atoms with Gasteiger partial charge in [0.15, 0.2) is 0 Å². The van der Waals surface area contributed by atoms with Crippen molar-refractivity contribution in [2.24, 2.45) is 52.3 Å². The van der Waals surface area contributed by atoms with Crippen molar-refractivity contribution < 1.29 is 5.11 Å². The van der Waals surface area contributed by atoms with Crippen LogP contribution in [-0.4, -0.2) is 11.2 Å². The first kappa shape index (κ1) is 21.9. The number of hydrogen-bond acceptors (Lipinski definition) is 1. The zero-order valence-electron chi connectivity index (χ0n) is 20.1. The van der Waals surface area contributed by atoms with E-state index in [9.17, 15) is 5.11 Å². The Balaban J connectivity index is 1.51. The maximum atomic E-state index is 10.3. The van der Waals surface area contributed by atoms with Gasteiger partial charge >= 0.3 is 0 Å². The number of aliphatic hydroxyl groups is 1. The molecule has 9 atom stereocenters. The molecule has 4 rings (SSSR count). The van der Waals surface area contributed by atoms with E-state index in [1.165, 1.54) is 57.8 Å². The molecule has 0 bridgehead atoms. The van der Waals surface area contributed by atoms with Crippen molar-refractivity contribution in [1.82, 2.24) is 0 Å². The number of rotatable bonds is 5. The summed E-state index contributed by atoms with van der Waals surface area (Å²) in [4.78, 5) is 0. The Hall–Kier alpha value is -0.300. The van der Waals surface area contributed by atoms with Crippen molar-refractivity contribution in [2.75, 3.05) is 0 Å². The summed E-state index contributed by atoms with van der Waals surface area (Å²) in [5.41, 5.74) is 2.56. The lowest BCUT2D eigenvalue weighted by Gasteiger charge is -2.61. The van der Waals surface area contributed by atoms with Crippen LogP contribution >= 0.6 is 0 Å². The standard InChI is InChI=1S/C28H48O/c1-18(2)8-7-9-19(3)23-10-11-24-26-20(4)16-21-17-22(29)12-14-27(21,5)25(26)13-15-28(23,24)6/h18-19,21-26,29H,4,7-17H2,1-3,5-6H3/t19-,21+,22-,23-,24-,25-,26+,27+,28+/m1/s1. The van der Waals surface area contributed by atoms with Crippen LogP contribution in [0.15, 0.2) is 12.2 Å². The van der Waals surface area contributed by atoms with Gasteiger partial charge in [0, 0.05) is 0 Å². The molecular formula is C28H48O. The van der Waals surface area contributed by atoms with Crippen molar-refractivity contribution in [3.05, 3.63) is 12.2 Å². The summed E-state index contributed by atoms with van der Waals surface area (Å²) in [5.74, 6) is 5.79. The van der Waals surface area contributed by atoms with Gasteiger partial charge in [-0.15, -0.1) is 0 Å². The molecule has 1 N–H and O–H groups in total. The molecule has 0 aromatic rings. The second kappa shape index (κ2) is 7.99. The van der Waals surface area contributed by atoms with E-state index in [4.69, 9.17) is 6.58 Å². The third-order valence-electron chi connectivity index (χ3n) is 10.8. The highest BCUT2D eigenvalue weighted by Crippen LogP contribution is 2.69. The molecule has 0 aromatic carbocycles. The maximum Gasteiger partial charge on any atom is 0.0543 e. The summed E-state index contributed by atoms with van der Waals surface area (Å²) in [6.07, 6.45) is 14.4. The van der Waals surface area contributed by atoms with Crippen LogP contribution in [0.3, 0.4) is 0 Å². The second-order valence-electron chi connectivity index (χ2n) is 12.8. The summed E-state index contributed by atoms with van der Waals surface area (Å²) in [6, 6.07) is 0. The number of hydrogen-bond donors (Lipinski definition) is 1. The van der Waals surface area contributed by atoms with E-state index in [1.54, 1.807) is 5.57 Å². The molecule has 1 heteroatoms. The van der Waals surface area contributed by atoms with Gasteiger partial charge in [-0.05, 0) is 104 Å². The Bertz CT molecular complexity index is 607. The van der Waals surface area contributed by atoms with Gasteiger partial charge in [0.2, 0.25) is 0 Å². The minimum Gasteiger partial charge on any atom is -0.393 e. The van der Waals surface area contributed by atoms with Gasteiger partial charge in [0.25, 0.3) is 0 Å². The molecule has 0 aromatic heterocycles. The average Bonchev–Trinajstić information content (AvgIpc) is 3.00. The van der Waals surface area contributed by atoms with Crippen molar-refractivity contribution in [1.29, 1.82) is 0 Å². The topological polar surface area (TPSA) is 20.2 Å². The quantitative estimate of drug-likeness (QED) is 0.470. The number of fused-ring (bicyclic) bond motifs is 5. The van der Waals surface area contributed by atoms with E-state index >= 15 is 0 Å². The van der Waals surface area contributed by atoms with Crippen molar-refractivity contribution in [3.8, 4) is 0 Å². The molecule has 29 heavy (non-hydrogen) atoms. The fourth-order valence-corrected chi connectivity index (χ4v) is 9.13. The Morgan fingerprint density at radius 1 is 0.966 bits per heavy atom. The molecule has 0 radical (unpaired) electrons. The molecule has 0 spiro atoms. The predicted molar refractivity (Wildman–Crippen MR) is 124 cm³/mol. The summed E-state index contributed by atoms with van der Waals surface area (Å²) >= 11 is 0.